The summed E-state index contributed by atoms with van der Waals surface area (Å²) in [6, 6.07) is 16.7. The number of urea groups is 1. The zero-order valence-corrected chi connectivity index (χ0v) is 13.9. The average molecular weight is 335 g/mol. The largest absolute Gasteiger partial charge is 0.325 e. The van der Waals surface area contributed by atoms with E-state index >= 15 is 0 Å². The molecule has 0 spiro atoms. The van der Waals surface area contributed by atoms with Gasteiger partial charge in [0.15, 0.2) is 0 Å². The Bertz CT molecular complexity index is 766. The third-order valence-corrected chi connectivity index (χ3v) is 4.00. The number of hydrogen-bond acceptors (Lipinski definition) is 2. The molecule has 2 aromatic carbocycles. The molecule has 5 heteroatoms. The lowest BCUT2D eigenvalue weighted by molar-refractivity contribution is -0.111. The number of nitrogens with zero attached hydrogens (tertiary/aromatic N) is 1. The average Bonchev–Trinajstić information content (AvgIpc) is 3.16. The van der Waals surface area contributed by atoms with Crippen LogP contribution in [0.5, 0.6) is 0 Å². The molecule has 1 aliphatic rings. The van der Waals surface area contributed by atoms with Crippen LogP contribution in [0.4, 0.5) is 16.2 Å². The normalized spacial score (nSPS) is 13.8. The molecule has 0 radical (unpaired) electrons. The second-order valence-electron chi connectivity index (χ2n) is 5.94. The van der Waals surface area contributed by atoms with Crippen LogP contribution in [0.15, 0.2) is 60.7 Å². The van der Waals surface area contributed by atoms with Gasteiger partial charge in [0.1, 0.15) is 0 Å². The van der Waals surface area contributed by atoms with E-state index in [-0.39, 0.29) is 11.9 Å². The quantitative estimate of drug-likeness (QED) is 0.831. The van der Waals surface area contributed by atoms with E-state index in [1.54, 1.807) is 29.2 Å². The number of nitrogens with one attached hydrogen (secondary N) is 2. The monoisotopic (exact) mass is 335 g/mol. The molecule has 5 nitrogen and oxygen atoms in total. The highest BCUT2D eigenvalue weighted by Gasteiger charge is 2.17. The summed E-state index contributed by atoms with van der Waals surface area (Å²) in [4.78, 5) is 26.0. The van der Waals surface area contributed by atoms with E-state index in [1.807, 2.05) is 36.4 Å². The molecule has 2 aromatic rings. The van der Waals surface area contributed by atoms with E-state index in [9.17, 15) is 9.59 Å². The summed E-state index contributed by atoms with van der Waals surface area (Å²) >= 11 is 0. The zero-order valence-electron chi connectivity index (χ0n) is 13.9. The Morgan fingerprint density at radius 3 is 2.28 bits per heavy atom. The van der Waals surface area contributed by atoms with Crippen LogP contribution in [-0.4, -0.2) is 29.9 Å². The highest BCUT2D eigenvalue weighted by molar-refractivity contribution is 6.02. The van der Waals surface area contributed by atoms with Crippen LogP contribution in [-0.2, 0) is 4.79 Å². The van der Waals surface area contributed by atoms with Gasteiger partial charge >= 0.3 is 6.03 Å². The van der Waals surface area contributed by atoms with Gasteiger partial charge in [-0.15, -0.1) is 0 Å². The summed E-state index contributed by atoms with van der Waals surface area (Å²) in [5, 5.41) is 5.68. The van der Waals surface area contributed by atoms with Gasteiger partial charge in [0.2, 0.25) is 5.91 Å². The molecule has 0 atom stereocenters. The Morgan fingerprint density at radius 1 is 0.880 bits per heavy atom. The van der Waals surface area contributed by atoms with Crippen LogP contribution in [0.2, 0.25) is 0 Å². The van der Waals surface area contributed by atoms with Gasteiger partial charge in [-0.05, 0) is 42.7 Å². The van der Waals surface area contributed by atoms with Gasteiger partial charge in [0.05, 0.1) is 0 Å². The summed E-state index contributed by atoms with van der Waals surface area (Å²) in [5.74, 6) is -0.216. The van der Waals surface area contributed by atoms with Gasteiger partial charge in [-0.1, -0.05) is 36.4 Å². The minimum Gasteiger partial charge on any atom is -0.325 e. The number of carbonyl (C=O) groups is 2. The Morgan fingerprint density at radius 2 is 1.56 bits per heavy atom. The SMILES string of the molecule is O=C(/C=C/c1ccccc1)Nc1cccc(NC(=O)N2CCCC2)c1. The second-order valence-corrected chi connectivity index (χ2v) is 5.94. The lowest BCUT2D eigenvalue weighted by atomic mass is 10.2. The molecule has 128 valence electrons. The zero-order chi connectivity index (χ0) is 17.5. The molecule has 1 heterocycles. The van der Waals surface area contributed by atoms with Crippen LogP contribution in [0.1, 0.15) is 18.4 Å². The van der Waals surface area contributed by atoms with Crippen LogP contribution in [0, 0.1) is 0 Å². The van der Waals surface area contributed by atoms with Gasteiger partial charge in [0, 0.05) is 30.5 Å². The first-order valence-electron chi connectivity index (χ1n) is 8.41. The van der Waals surface area contributed by atoms with Crippen molar-refractivity contribution in [2.45, 2.75) is 12.8 Å². The van der Waals surface area contributed by atoms with Crippen molar-refractivity contribution in [3.05, 3.63) is 66.2 Å². The molecule has 0 unspecified atom stereocenters. The van der Waals surface area contributed by atoms with Gasteiger partial charge < -0.3 is 15.5 Å². The van der Waals surface area contributed by atoms with Crippen molar-refractivity contribution in [3.63, 3.8) is 0 Å². The molecule has 1 saturated heterocycles. The summed E-state index contributed by atoms with van der Waals surface area (Å²) in [6.07, 6.45) is 5.35. The Labute approximate surface area is 147 Å². The lowest BCUT2D eigenvalue weighted by Gasteiger charge is -2.16. The molecular formula is C20H21N3O2. The standard InChI is InChI=1S/C20H21N3O2/c24-19(12-11-16-7-2-1-3-8-16)21-17-9-6-10-18(15-17)22-20(25)23-13-4-5-14-23/h1-3,6-12,15H,4-5,13-14H2,(H,21,24)(H,22,25)/b12-11+. The van der Waals surface area contributed by atoms with E-state index < -0.39 is 0 Å². The number of benzene rings is 2. The van der Waals surface area contributed by atoms with Crippen molar-refractivity contribution in [1.29, 1.82) is 0 Å². The number of likely N-dealkylation sites (tertiary alicyclic amines) is 1. The maximum atomic E-state index is 12.1. The second kappa shape index (κ2) is 8.15. The smallest absolute Gasteiger partial charge is 0.321 e. The highest BCUT2D eigenvalue weighted by Crippen LogP contribution is 2.17. The first-order valence-corrected chi connectivity index (χ1v) is 8.41. The molecule has 0 aromatic heterocycles. The van der Waals surface area contributed by atoms with Crippen LogP contribution < -0.4 is 10.6 Å². The van der Waals surface area contributed by atoms with E-state index in [4.69, 9.17) is 0 Å². The summed E-state index contributed by atoms with van der Waals surface area (Å²) in [6.45, 7) is 1.60. The molecule has 0 bridgehead atoms. The molecule has 3 amide bonds. The summed E-state index contributed by atoms with van der Waals surface area (Å²) < 4.78 is 0. The number of anilines is 2. The third-order valence-electron chi connectivity index (χ3n) is 4.00. The maximum Gasteiger partial charge on any atom is 0.321 e. The molecule has 2 N–H and O–H groups in total. The molecule has 0 aliphatic carbocycles. The van der Waals surface area contributed by atoms with E-state index in [0.717, 1.165) is 31.5 Å². The molecule has 1 fully saturated rings. The van der Waals surface area contributed by atoms with Crippen molar-refractivity contribution in [2.75, 3.05) is 23.7 Å². The molecule has 25 heavy (non-hydrogen) atoms. The summed E-state index contributed by atoms with van der Waals surface area (Å²) in [7, 11) is 0. The Kier molecular flexibility index (Phi) is 5.46. The Balaban J connectivity index is 1.58. The maximum absolute atomic E-state index is 12.1. The summed E-state index contributed by atoms with van der Waals surface area (Å²) in [5.41, 5.74) is 2.27. The van der Waals surface area contributed by atoms with Gasteiger partial charge in [-0.2, -0.15) is 0 Å². The topological polar surface area (TPSA) is 61.4 Å². The van der Waals surface area contributed by atoms with Crippen molar-refractivity contribution < 1.29 is 9.59 Å². The highest BCUT2D eigenvalue weighted by atomic mass is 16.2. The number of carbonyl (C=O) groups excluding carboxylic acids is 2. The fourth-order valence-electron chi connectivity index (χ4n) is 2.72. The van der Waals surface area contributed by atoms with Crippen LogP contribution >= 0.6 is 0 Å². The van der Waals surface area contributed by atoms with Crippen LogP contribution in [0.25, 0.3) is 6.08 Å². The first-order chi connectivity index (χ1) is 12.2. The number of amides is 3. The van der Waals surface area contributed by atoms with Crippen LogP contribution in [0.3, 0.4) is 0 Å². The van der Waals surface area contributed by atoms with Crippen molar-refractivity contribution >= 4 is 29.4 Å². The van der Waals surface area contributed by atoms with Gasteiger partial charge in [-0.3, -0.25) is 4.79 Å². The predicted octanol–water partition coefficient (Wildman–Crippen LogP) is 3.97. The minimum absolute atomic E-state index is 0.0926. The molecule has 1 aliphatic heterocycles. The predicted molar refractivity (Wildman–Crippen MR) is 100 cm³/mol. The molecule has 3 rings (SSSR count). The minimum atomic E-state index is -0.216. The first kappa shape index (κ1) is 16.8. The van der Waals surface area contributed by atoms with Crippen molar-refractivity contribution in [2.24, 2.45) is 0 Å². The third kappa shape index (κ3) is 4.94. The van der Waals surface area contributed by atoms with Crippen molar-refractivity contribution in [1.82, 2.24) is 4.90 Å². The van der Waals surface area contributed by atoms with Crippen molar-refractivity contribution in [3.8, 4) is 0 Å². The van der Waals surface area contributed by atoms with Gasteiger partial charge in [-0.25, -0.2) is 4.79 Å². The van der Waals surface area contributed by atoms with E-state index in [1.165, 1.54) is 6.08 Å². The van der Waals surface area contributed by atoms with Gasteiger partial charge in [0.25, 0.3) is 0 Å². The fourth-order valence-corrected chi connectivity index (χ4v) is 2.72. The molecule has 0 saturated carbocycles. The molecular weight excluding hydrogens is 314 g/mol. The number of rotatable bonds is 4. The van der Waals surface area contributed by atoms with E-state index in [2.05, 4.69) is 10.6 Å². The lowest BCUT2D eigenvalue weighted by Crippen LogP contribution is -2.32. The number of hydrogen-bond donors (Lipinski definition) is 2. The Hall–Kier alpha value is -3.08. The fraction of sp³-hybridized carbons (Fsp3) is 0.200. The van der Waals surface area contributed by atoms with E-state index in [0.29, 0.717) is 11.4 Å².